The maximum absolute atomic E-state index is 11.6. The van der Waals surface area contributed by atoms with Crippen LogP contribution >= 0.6 is 11.6 Å². The number of hydrogen-bond acceptors (Lipinski definition) is 2. The molecule has 0 radical (unpaired) electrons. The lowest BCUT2D eigenvalue weighted by molar-refractivity contribution is -0.148. The molecule has 4 heteroatoms. The summed E-state index contributed by atoms with van der Waals surface area (Å²) in [6.07, 6.45) is 1.77. The average Bonchev–Trinajstić information content (AvgIpc) is 2.60. The van der Waals surface area contributed by atoms with E-state index in [1.165, 1.54) is 0 Å². The number of aromatic nitrogens is 1. The number of nitrogens with zero attached hydrogens (tertiary/aromatic N) is 1. The second-order valence-corrected chi connectivity index (χ2v) is 4.62. The molecule has 0 spiro atoms. The van der Waals surface area contributed by atoms with Crippen molar-refractivity contribution in [3.63, 3.8) is 0 Å². The predicted molar refractivity (Wildman–Crippen MR) is 68.2 cm³/mol. The summed E-state index contributed by atoms with van der Waals surface area (Å²) in [6, 6.07) is 7.57. The van der Waals surface area contributed by atoms with Crippen LogP contribution in [0.25, 0.3) is 10.9 Å². The van der Waals surface area contributed by atoms with E-state index in [9.17, 15) is 4.79 Å². The molecule has 0 aliphatic heterocycles. The molecule has 0 aliphatic rings. The molecule has 1 aromatic heterocycles. The van der Waals surface area contributed by atoms with Crippen molar-refractivity contribution in [1.29, 1.82) is 0 Å². The molecule has 2 rings (SSSR count). The Morgan fingerprint density at radius 3 is 2.88 bits per heavy atom. The molecule has 0 saturated carbocycles. The monoisotopic (exact) mass is 251 g/mol. The zero-order valence-corrected chi connectivity index (χ0v) is 10.6. The molecule has 1 heterocycles. The number of ether oxygens (including phenoxy) is 1. The minimum Gasteiger partial charge on any atom is -0.462 e. The first-order valence-electron chi connectivity index (χ1n) is 5.50. The second-order valence-electron chi connectivity index (χ2n) is 4.19. The van der Waals surface area contributed by atoms with E-state index in [1.807, 2.05) is 48.9 Å². The van der Waals surface area contributed by atoms with Gasteiger partial charge in [-0.25, -0.2) is 0 Å². The van der Waals surface area contributed by atoms with Crippen molar-refractivity contribution in [2.45, 2.75) is 26.5 Å². The molecule has 2 aromatic rings. The number of halogens is 1. The Morgan fingerprint density at radius 1 is 1.41 bits per heavy atom. The third-order valence-corrected chi connectivity index (χ3v) is 2.64. The Bertz CT molecular complexity index is 545. The van der Waals surface area contributed by atoms with Gasteiger partial charge in [-0.05, 0) is 37.4 Å². The molecule has 0 saturated heterocycles. The molecular weight excluding hydrogens is 238 g/mol. The second kappa shape index (κ2) is 4.80. The quantitative estimate of drug-likeness (QED) is 0.784. The standard InChI is InChI=1S/C13H14ClNO2/c1-9(2)17-13(16)8-15-6-5-10-3-4-11(14)7-12(10)15/h3-7,9H,8H2,1-2H3. The SMILES string of the molecule is CC(C)OC(=O)Cn1ccc2ccc(Cl)cc21. The smallest absolute Gasteiger partial charge is 0.326 e. The molecule has 0 unspecified atom stereocenters. The van der Waals surface area contributed by atoms with Crippen molar-refractivity contribution in [1.82, 2.24) is 4.57 Å². The number of hydrogen-bond donors (Lipinski definition) is 0. The van der Waals surface area contributed by atoms with Gasteiger partial charge in [-0.2, -0.15) is 0 Å². The summed E-state index contributed by atoms with van der Waals surface area (Å²) < 4.78 is 6.95. The number of carbonyl (C=O) groups excluding carboxylic acids is 1. The molecule has 0 N–H and O–H groups in total. The molecule has 17 heavy (non-hydrogen) atoms. The molecule has 3 nitrogen and oxygen atoms in total. The number of rotatable bonds is 3. The van der Waals surface area contributed by atoms with Gasteiger partial charge in [0.1, 0.15) is 6.54 Å². The van der Waals surface area contributed by atoms with E-state index in [1.54, 1.807) is 0 Å². The van der Waals surface area contributed by atoms with E-state index in [4.69, 9.17) is 16.3 Å². The molecule has 0 aliphatic carbocycles. The van der Waals surface area contributed by atoms with E-state index < -0.39 is 0 Å². The highest BCUT2D eigenvalue weighted by Crippen LogP contribution is 2.20. The lowest BCUT2D eigenvalue weighted by atomic mass is 10.2. The fraction of sp³-hybridized carbons (Fsp3) is 0.308. The van der Waals surface area contributed by atoms with Crippen molar-refractivity contribution in [2.75, 3.05) is 0 Å². The summed E-state index contributed by atoms with van der Waals surface area (Å²) in [6.45, 7) is 3.88. The van der Waals surface area contributed by atoms with Crippen LogP contribution in [0.5, 0.6) is 0 Å². The van der Waals surface area contributed by atoms with Gasteiger partial charge in [0.2, 0.25) is 0 Å². The molecule has 0 fully saturated rings. The Hall–Kier alpha value is -1.48. The van der Waals surface area contributed by atoms with Gasteiger partial charge >= 0.3 is 5.97 Å². The van der Waals surface area contributed by atoms with Gasteiger partial charge in [0.25, 0.3) is 0 Å². The van der Waals surface area contributed by atoms with E-state index in [0.717, 1.165) is 10.9 Å². The summed E-state index contributed by atoms with van der Waals surface area (Å²) in [5, 5.41) is 1.72. The van der Waals surface area contributed by atoms with Crippen LogP contribution in [-0.4, -0.2) is 16.6 Å². The van der Waals surface area contributed by atoms with Gasteiger partial charge in [-0.1, -0.05) is 17.7 Å². The van der Waals surface area contributed by atoms with Crippen molar-refractivity contribution >= 4 is 28.5 Å². The van der Waals surface area contributed by atoms with Crippen LogP contribution in [-0.2, 0) is 16.1 Å². The molecule has 90 valence electrons. The Balaban J connectivity index is 2.24. The topological polar surface area (TPSA) is 31.2 Å². The summed E-state index contributed by atoms with van der Waals surface area (Å²) in [7, 11) is 0. The van der Waals surface area contributed by atoms with E-state index in [-0.39, 0.29) is 18.6 Å². The van der Waals surface area contributed by atoms with Crippen LogP contribution in [0.4, 0.5) is 0 Å². The van der Waals surface area contributed by atoms with Gasteiger partial charge in [0.15, 0.2) is 0 Å². The molecule has 0 amide bonds. The normalized spacial score (nSPS) is 11.1. The highest BCUT2D eigenvalue weighted by atomic mass is 35.5. The fourth-order valence-corrected chi connectivity index (χ4v) is 1.90. The minimum atomic E-state index is -0.238. The van der Waals surface area contributed by atoms with Crippen LogP contribution in [0.15, 0.2) is 30.5 Å². The van der Waals surface area contributed by atoms with E-state index in [2.05, 4.69) is 0 Å². The van der Waals surface area contributed by atoms with E-state index >= 15 is 0 Å². The summed E-state index contributed by atoms with van der Waals surface area (Å²) in [5.41, 5.74) is 0.943. The van der Waals surface area contributed by atoms with Crippen LogP contribution in [0.3, 0.4) is 0 Å². The first-order valence-corrected chi connectivity index (χ1v) is 5.88. The van der Waals surface area contributed by atoms with Crippen molar-refractivity contribution in [2.24, 2.45) is 0 Å². The number of esters is 1. The summed E-state index contributed by atoms with van der Waals surface area (Å²) in [5.74, 6) is -0.238. The van der Waals surface area contributed by atoms with Crippen molar-refractivity contribution in [3.8, 4) is 0 Å². The van der Waals surface area contributed by atoms with Crippen LogP contribution in [0, 0.1) is 0 Å². The van der Waals surface area contributed by atoms with E-state index in [0.29, 0.717) is 5.02 Å². The maximum atomic E-state index is 11.6. The maximum Gasteiger partial charge on any atom is 0.326 e. The number of benzene rings is 1. The Morgan fingerprint density at radius 2 is 2.18 bits per heavy atom. The third-order valence-electron chi connectivity index (χ3n) is 2.40. The first-order chi connectivity index (χ1) is 8.06. The van der Waals surface area contributed by atoms with Gasteiger partial charge in [-0.15, -0.1) is 0 Å². The third kappa shape index (κ3) is 2.80. The zero-order valence-electron chi connectivity index (χ0n) is 9.81. The highest BCUT2D eigenvalue weighted by molar-refractivity contribution is 6.31. The largest absolute Gasteiger partial charge is 0.462 e. The van der Waals surface area contributed by atoms with Crippen molar-refractivity contribution in [3.05, 3.63) is 35.5 Å². The van der Waals surface area contributed by atoms with Gasteiger partial charge in [0, 0.05) is 11.2 Å². The van der Waals surface area contributed by atoms with Gasteiger partial charge < -0.3 is 9.30 Å². The van der Waals surface area contributed by atoms with Crippen LogP contribution in [0.2, 0.25) is 5.02 Å². The minimum absolute atomic E-state index is 0.0899. The summed E-state index contributed by atoms with van der Waals surface area (Å²) in [4.78, 5) is 11.6. The zero-order chi connectivity index (χ0) is 12.4. The fourth-order valence-electron chi connectivity index (χ4n) is 1.73. The Labute approximate surface area is 105 Å². The number of fused-ring (bicyclic) bond motifs is 1. The molecule has 0 atom stereocenters. The van der Waals surface area contributed by atoms with Crippen LogP contribution in [0.1, 0.15) is 13.8 Å². The summed E-state index contributed by atoms with van der Waals surface area (Å²) >= 11 is 5.94. The lowest BCUT2D eigenvalue weighted by Gasteiger charge is -2.09. The van der Waals surface area contributed by atoms with Gasteiger partial charge in [0.05, 0.1) is 11.6 Å². The van der Waals surface area contributed by atoms with Crippen LogP contribution < -0.4 is 0 Å². The van der Waals surface area contributed by atoms with Gasteiger partial charge in [-0.3, -0.25) is 4.79 Å². The van der Waals surface area contributed by atoms with Crippen molar-refractivity contribution < 1.29 is 9.53 Å². The first kappa shape index (κ1) is 12.0. The molecule has 1 aromatic carbocycles. The number of carbonyl (C=O) groups is 1. The predicted octanol–water partition coefficient (Wildman–Crippen LogP) is 3.25. The molecule has 0 bridgehead atoms. The lowest BCUT2D eigenvalue weighted by Crippen LogP contribution is -2.16. The molecular formula is C13H14ClNO2. The average molecular weight is 252 g/mol. The Kier molecular flexibility index (Phi) is 3.38. The highest BCUT2D eigenvalue weighted by Gasteiger charge is 2.09.